The monoisotopic (exact) mass is 1810 g/mol. The highest BCUT2D eigenvalue weighted by Crippen LogP contribution is 2.23. The molecule has 0 bridgehead atoms. The quantitative estimate of drug-likeness (QED) is 0.0182. The third kappa shape index (κ3) is 42.0. The third-order valence-corrected chi connectivity index (χ3v) is 21.3. The molecule has 18 atom stereocenters. The molecule has 127 heavy (non-hydrogen) atoms. The first-order chi connectivity index (χ1) is 59.4. The lowest BCUT2D eigenvalue weighted by Gasteiger charge is -2.32. The number of nitrogens with one attached hydrogen (secondary N) is 14. The summed E-state index contributed by atoms with van der Waals surface area (Å²) in [5.74, 6) is -17.8. The summed E-state index contributed by atoms with van der Waals surface area (Å²) < 4.78 is 0. The van der Waals surface area contributed by atoms with Gasteiger partial charge in [0.2, 0.25) is 88.6 Å². The Bertz CT molecular complexity index is 3880. The lowest BCUT2D eigenvalue weighted by atomic mass is 9.97. The van der Waals surface area contributed by atoms with Crippen LogP contribution < -0.4 is 103 Å². The first-order valence-corrected chi connectivity index (χ1v) is 44.9. The number of hydrogen-bond donors (Lipinski definition) is 22. The van der Waals surface area contributed by atoms with Gasteiger partial charge in [0, 0.05) is 26.1 Å². The Morgan fingerprint density at radius 3 is 1.21 bits per heavy atom. The van der Waals surface area contributed by atoms with Gasteiger partial charge in [-0.3, -0.25) is 91.5 Å². The van der Waals surface area contributed by atoms with E-state index in [4.69, 9.17) is 28.7 Å². The number of aliphatic imine (C=N–C) groups is 2. The second-order valence-corrected chi connectivity index (χ2v) is 35.6. The highest BCUT2D eigenvalue weighted by molar-refractivity contribution is 7.98. The fourth-order valence-corrected chi connectivity index (χ4v) is 14.1. The molecule has 1 aliphatic rings. The summed E-state index contributed by atoms with van der Waals surface area (Å²) >= 11 is 1.44. The minimum atomic E-state index is -1.94. The van der Waals surface area contributed by atoms with Crippen molar-refractivity contribution < 1.29 is 96.8 Å². The number of benzene rings is 1. The molecule has 0 radical (unpaired) electrons. The van der Waals surface area contributed by atoms with Crippen LogP contribution in [0.15, 0.2) is 40.3 Å². The molecule has 0 spiro atoms. The van der Waals surface area contributed by atoms with Crippen molar-refractivity contribution in [1.29, 1.82) is 0 Å². The van der Waals surface area contributed by atoms with Gasteiger partial charge >= 0.3 is 11.9 Å². The first-order valence-electron chi connectivity index (χ1n) is 43.5. The standard InChI is InChI=1S/C84H144N22O20S/c1-18-47(12)65(79(122)94-50(15)82(125)126)104-68(111)49(14)93-78(121)63-29-24-33-106(63)81(124)62(39-46(10)11)103-76(119)59(38-45(8)9)99-74(117)57(36-43(4)5)100-77(120)60(40-52-25-20-19-21-26-52)101-70(113)54(27-22-31-90-83(86)87)95-67(110)48(13)92-72(115)61(41-64(108)109)102-75(118)58(37-44(6)7)98-73(116)56(35-42(2)3)97-71(114)55(28-23-32-91-84(88)89)96-80(123)66(51(16)107)105-69(112)53(85)30-34-127-17/h19-21,25-26,42-51,53-63,65-66,107H,18,22-24,27-41,85H2,1-17H3,(H,92,115)(H,93,121)(H,94,122)(H,95,110)(H,96,123)(H,97,114)(H,98,116)(H,99,117)(H,100,120)(H,101,113)(H,102,118)(H,103,119)(H,104,111)(H,105,112)(H,108,109)(H,125,126)(H4,86,87,90)(H4,88,89,91)/t47-,48-,49-,50-,51+,53-,54-,55-,56-,57-,58-,59-,60-,61-,62-,63-,65-,66-/m0/s1. The van der Waals surface area contributed by atoms with Gasteiger partial charge in [0.25, 0.3) is 0 Å². The molecule has 1 saturated heterocycles. The topological polar surface area (TPSA) is 677 Å². The normalized spacial score (nSPS) is 16.6. The molecule has 1 aliphatic heterocycles. The number of carbonyl (C=O) groups is 17. The Morgan fingerprint density at radius 2 is 0.795 bits per heavy atom. The van der Waals surface area contributed by atoms with E-state index in [-0.39, 0.29) is 138 Å². The second-order valence-electron chi connectivity index (χ2n) is 34.6. The van der Waals surface area contributed by atoms with Gasteiger partial charge in [-0.25, -0.2) is 0 Å². The molecule has 1 aromatic carbocycles. The summed E-state index contributed by atoms with van der Waals surface area (Å²) in [6, 6.07) is -13.9. The number of carbonyl (C=O) groups excluding carboxylic acids is 15. The fourth-order valence-electron chi connectivity index (χ4n) is 13.6. The molecule has 15 amide bonds. The largest absolute Gasteiger partial charge is 0.481 e. The van der Waals surface area contributed by atoms with E-state index in [0.29, 0.717) is 24.2 Å². The predicted molar refractivity (Wildman–Crippen MR) is 478 cm³/mol. The van der Waals surface area contributed by atoms with Crippen LogP contribution >= 0.6 is 11.8 Å². The highest BCUT2D eigenvalue weighted by atomic mass is 32.2. The molecular formula is C84H144N22O20S. The Morgan fingerprint density at radius 1 is 0.433 bits per heavy atom. The smallest absolute Gasteiger partial charge is 0.325 e. The number of aliphatic carboxylic acids is 2. The number of nitrogens with zero attached hydrogens (tertiary/aromatic N) is 3. The number of carboxylic acid groups (broad SMARTS) is 2. The molecule has 1 heterocycles. The number of rotatable bonds is 58. The molecule has 0 saturated carbocycles. The van der Waals surface area contributed by atoms with Crippen molar-refractivity contribution in [3.05, 3.63) is 35.9 Å². The lowest BCUT2D eigenvalue weighted by molar-refractivity contribution is -0.143. The van der Waals surface area contributed by atoms with E-state index in [9.17, 15) is 96.8 Å². The number of aliphatic hydroxyl groups is 1. The number of aliphatic hydroxyl groups excluding tert-OH is 1. The van der Waals surface area contributed by atoms with Gasteiger partial charge in [-0.05, 0) is 158 Å². The minimum absolute atomic E-state index is 0.00319. The Labute approximate surface area is 748 Å². The van der Waals surface area contributed by atoms with E-state index in [0.717, 1.165) is 0 Å². The van der Waals surface area contributed by atoms with Crippen molar-refractivity contribution in [2.24, 2.45) is 74.2 Å². The summed E-state index contributed by atoms with van der Waals surface area (Å²) in [6.07, 6.45) is 0.00235. The number of nitrogens with two attached hydrogens (primary N) is 5. The van der Waals surface area contributed by atoms with Gasteiger partial charge in [0.1, 0.15) is 90.6 Å². The fraction of sp³-hybridized carbons (Fsp3) is 0.702. The van der Waals surface area contributed by atoms with E-state index < -0.39 is 216 Å². The zero-order chi connectivity index (χ0) is 96.4. The highest BCUT2D eigenvalue weighted by Gasteiger charge is 2.43. The zero-order valence-electron chi connectivity index (χ0n) is 76.5. The number of guanidine groups is 2. The van der Waals surface area contributed by atoms with Crippen molar-refractivity contribution >= 4 is 124 Å². The SMILES string of the molecule is CC[C@H](C)[C@H](NC(=O)[C@H](C)NC(=O)[C@@H]1CCCN1C(=O)[C@H](CC(C)C)NC(=O)[C@H](CC(C)C)NC(=O)[C@H](CC(C)C)NC(=O)[C@H](Cc1ccccc1)NC(=O)[C@H](CCCN=C(N)N)NC(=O)[C@H](C)NC(=O)[C@H](CC(=O)O)NC(=O)[C@H](CC(C)C)NC(=O)[C@H](CC(C)C)NC(=O)[C@H](CCCN=C(N)N)NC(=O)[C@@H](NC(=O)[C@@H](N)CCSC)[C@@H](C)O)C(=O)N[C@@H](C)C(=O)O. The van der Waals surface area contributed by atoms with E-state index in [2.05, 4.69) is 84.4 Å². The Hall–Kier alpha value is -11.0. The van der Waals surface area contributed by atoms with Crippen LogP contribution in [-0.2, 0) is 87.9 Å². The predicted octanol–water partition coefficient (Wildman–Crippen LogP) is -2.53. The van der Waals surface area contributed by atoms with Crippen molar-refractivity contribution in [2.45, 2.75) is 310 Å². The lowest BCUT2D eigenvalue weighted by Crippen LogP contribution is -2.61. The van der Waals surface area contributed by atoms with E-state index >= 15 is 0 Å². The number of hydrogen-bond acceptors (Lipinski definition) is 22. The maximum atomic E-state index is 15.0. The summed E-state index contributed by atoms with van der Waals surface area (Å²) in [4.78, 5) is 247. The number of likely N-dealkylation sites (tertiary alicyclic amines) is 1. The van der Waals surface area contributed by atoms with Gasteiger partial charge in [-0.1, -0.05) is 120 Å². The molecule has 716 valence electrons. The minimum Gasteiger partial charge on any atom is -0.481 e. The van der Waals surface area contributed by atoms with Crippen LogP contribution in [0.1, 0.15) is 206 Å². The summed E-state index contributed by atoms with van der Waals surface area (Å²) in [6.45, 7) is 26.3. The summed E-state index contributed by atoms with van der Waals surface area (Å²) in [7, 11) is 0. The van der Waals surface area contributed by atoms with Crippen LogP contribution in [0.3, 0.4) is 0 Å². The Balaban J connectivity index is 2.54. The third-order valence-electron chi connectivity index (χ3n) is 20.7. The number of carboxylic acids is 2. The maximum Gasteiger partial charge on any atom is 0.325 e. The van der Waals surface area contributed by atoms with Crippen LogP contribution in [0.5, 0.6) is 0 Å². The molecule has 1 aromatic rings. The van der Waals surface area contributed by atoms with E-state index in [1.165, 1.54) is 44.4 Å². The van der Waals surface area contributed by atoms with Crippen LogP contribution in [0.2, 0.25) is 0 Å². The number of thioether (sulfide) groups is 1. The molecule has 0 aliphatic carbocycles. The number of amides is 15. The molecule has 27 N–H and O–H groups in total. The van der Waals surface area contributed by atoms with E-state index in [1.807, 2.05) is 20.1 Å². The Kier molecular flexibility index (Phi) is 50.3. The van der Waals surface area contributed by atoms with Gasteiger partial charge in [-0.15, -0.1) is 0 Å². The second kappa shape index (κ2) is 57.0. The van der Waals surface area contributed by atoms with E-state index in [1.54, 1.807) is 99.6 Å². The maximum absolute atomic E-state index is 15.0. The van der Waals surface area contributed by atoms with Crippen molar-refractivity contribution in [3.63, 3.8) is 0 Å². The van der Waals surface area contributed by atoms with Crippen molar-refractivity contribution in [2.75, 3.05) is 31.6 Å². The van der Waals surface area contributed by atoms with Gasteiger partial charge in [-0.2, -0.15) is 11.8 Å². The molecular weight excluding hydrogens is 1670 g/mol. The van der Waals surface area contributed by atoms with Crippen LogP contribution in [0.25, 0.3) is 0 Å². The molecule has 42 nitrogen and oxygen atoms in total. The van der Waals surface area contributed by atoms with Crippen LogP contribution in [-0.4, -0.2) is 267 Å². The average Bonchev–Trinajstić information content (AvgIpc) is 1.74. The first kappa shape index (κ1) is 112. The molecule has 0 aromatic heterocycles. The molecule has 43 heteroatoms. The average molecular weight is 1810 g/mol. The molecule has 1 fully saturated rings. The van der Waals surface area contributed by atoms with Crippen molar-refractivity contribution in [1.82, 2.24) is 79.3 Å². The van der Waals surface area contributed by atoms with Gasteiger partial charge in [0.15, 0.2) is 11.9 Å². The molecule has 2 rings (SSSR count). The zero-order valence-corrected chi connectivity index (χ0v) is 77.3. The van der Waals surface area contributed by atoms with Crippen molar-refractivity contribution in [3.8, 4) is 0 Å². The summed E-state index contributed by atoms with van der Waals surface area (Å²) in [5, 5.41) is 66.5. The van der Waals surface area contributed by atoms with Crippen LogP contribution in [0.4, 0.5) is 0 Å². The molecule has 0 unspecified atom stereocenters. The van der Waals surface area contributed by atoms with Gasteiger partial charge in [0.05, 0.1) is 18.6 Å². The summed E-state index contributed by atoms with van der Waals surface area (Å²) in [5.41, 5.74) is 28.9. The van der Waals surface area contributed by atoms with Gasteiger partial charge < -0.3 is 123 Å². The van der Waals surface area contributed by atoms with Crippen LogP contribution in [0, 0.1) is 35.5 Å².